The molecule has 0 aliphatic rings. The first-order valence-electron chi connectivity index (χ1n) is 6.26. The standard InChI is InChI=1S/C13H11ClN2O8/c14-5-10(17)12(13(19)20)15-24-7-11(18)23-6-8-1-3-9(4-2-8)16(21)22/h1-4H,5-7H2,(H,19,20)/b15-12+. The first kappa shape index (κ1) is 19.0. The van der Waals surface area contributed by atoms with Crippen molar-refractivity contribution >= 4 is 40.7 Å². The zero-order chi connectivity index (χ0) is 18.1. The molecule has 0 aliphatic heterocycles. The molecule has 0 fully saturated rings. The monoisotopic (exact) mass is 358 g/mol. The fourth-order valence-electron chi connectivity index (χ4n) is 1.34. The van der Waals surface area contributed by atoms with Crippen LogP contribution in [-0.4, -0.2) is 46.0 Å². The minimum absolute atomic E-state index is 0.104. The molecular weight excluding hydrogens is 348 g/mol. The Morgan fingerprint density at radius 3 is 2.38 bits per heavy atom. The van der Waals surface area contributed by atoms with Crippen LogP contribution >= 0.6 is 11.6 Å². The number of non-ortho nitro benzene ring substituents is 1. The van der Waals surface area contributed by atoms with Gasteiger partial charge >= 0.3 is 11.9 Å². The molecule has 0 aromatic heterocycles. The van der Waals surface area contributed by atoms with Crippen LogP contribution in [0.2, 0.25) is 0 Å². The number of carbonyl (C=O) groups excluding carboxylic acids is 2. The molecule has 128 valence electrons. The van der Waals surface area contributed by atoms with Crippen molar-refractivity contribution in [1.29, 1.82) is 0 Å². The lowest BCUT2D eigenvalue weighted by Crippen LogP contribution is -2.25. The van der Waals surface area contributed by atoms with Gasteiger partial charge in [0, 0.05) is 12.1 Å². The van der Waals surface area contributed by atoms with Crippen molar-refractivity contribution in [2.75, 3.05) is 12.5 Å². The Morgan fingerprint density at radius 1 is 1.25 bits per heavy atom. The van der Waals surface area contributed by atoms with Gasteiger partial charge in [-0.15, -0.1) is 11.6 Å². The largest absolute Gasteiger partial charge is 0.476 e. The lowest BCUT2D eigenvalue weighted by atomic mass is 10.2. The van der Waals surface area contributed by atoms with Gasteiger partial charge < -0.3 is 14.7 Å². The van der Waals surface area contributed by atoms with E-state index in [1.54, 1.807) is 0 Å². The van der Waals surface area contributed by atoms with Gasteiger partial charge in [-0.25, -0.2) is 9.59 Å². The summed E-state index contributed by atoms with van der Waals surface area (Å²) in [5, 5.41) is 22.2. The molecule has 0 heterocycles. The predicted octanol–water partition coefficient (Wildman–Crippen LogP) is 0.903. The van der Waals surface area contributed by atoms with Crippen LogP contribution < -0.4 is 0 Å². The zero-order valence-electron chi connectivity index (χ0n) is 12.0. The number of Topliss-reactive ketones (excluding diaryl/α,β-unsaturated/α-hetero) is 1. The number of benzene rings is 1. The number of ketones is 1. The maximum atomic E-state index is 11.4. The van der Waals surface area contributed by atoms with Crippen molar-refractivity contribution in [3.63, 3.8) is 0 Å². The molecule has 1 N–H and O–H groups in total. The molecule has 10 nitrogen and oxygen atoms in total. The number of nitro groups is 1. The summed E-state index contributed by atoms with van der Waals surface area (Å²) in [5.41, 5.74) is -0.540. The molecule has 1 rings (SSSR count). The van der Waals surface area contributed by atoms with Gasteiger partial charge in [-0.1, -0.05) is 5.16 Å². The van der Waals surface area contributed by atoms with Crippen molar-refractivity contribution in [1.82, 2.24) is 0 Å². The van der Waals surface area contributed by atoms with Crippen molar-refractivity contribution < 1.29 is 34.0 Å². The van der Waals surface area contributed by atoms with Crippen molar-refractivity contribution in [3.05, 3.63) is 39.9 Å². The Kier molecular flexibility index (Phi) is 7.30. The Balaban J connectivity index is 2.47. The first-order chi connectivity index (χ1) is 11.3. The number of oxime groups is 1. The summed E-state index contributed by atoms with van der Waals surface area (Å²) in [6.45, 7) is -0.893. The summed E-state index contributed by atoms with van der Waals surface area (Å²) in [6, 6.07) is 5.32. The first-order valence-corrected chi connectivity index (χ1v) is 6.80. The highest BCUT2D eigenvalue weighted by atomic mass is 35.5. The fourth-order valence-corrected chi connectivity index (χ4v) is 1.47. The second-order valence-corrected chi connectivity index (χ2v) is 4.43. The number of rotatable bonds is 9. The molecule has 0 amide bonds. The number of hydrogen-bond donors (Lipinski definition) is 1. The SMILES string of the molecule is O=C(CO/N=C(/C(=O)O)C(=O)CCl)OCc1ccc([N+](=O)[O-])cc1. The molecule has 0 bridgehead atoms. The third-order valence-corrected chi connectivity index (χ3v) is 2.72. The minimum Gasteiger partial charge on any atom is -0.476 e. The molecule has 0 unspecified atom stereocenters. The third-order valence-electron chi connectivity index (χ3n) is 2.47. The Morgan fingerprint density at radius 2 is 1.88 bits per heavy atom. The smallest absolute Gasteiger partial charge is 0.361 e. The number of esters is 1. The summed E-state index contributed by atoms with van der Waals surface area (Å²) in [7, 11) is 0. The number of carbonyl (C=O) groups is 3. The molecule has 24 heavy (non-hydrogen) atoms. The molecule has 0 saturated heterocycles. The van der Waals surface area contributed by atoms with E-state index in [9.17, 15) is 24.5 Å². The highest BCUT2D eigenvalue weighted by molar-refractivity contribution is 6.67. The lowest BCUT2D eigenvalue weighted by Gasteiger charge is -2.04. The molecule has 0 saturated carbocycles. The number of halogens is 1. The number of ether oxygens (including phenoxy) is 1. The van der Waals surface area contributed by atoms with Crippen LogP contribution in [0.3, 0.4) is 0 Å². The van der Waals surface area contributed by atoms with Crippen LogP contribution in [0, 0.1) is 10.1 Å². The molecule has 0 atom stereocenters. The van der Waals surface area contributed by atoms with Gasteiger partial charge in [-0.3, -0.25) is 14.9 Å². The molecule has 0 aliphatic carbocycles. The highest BCUT2D eigenvalue weighted by Crippen LogP contribution is 2.12. The van der Waals surface area contributed by atoms with Crippen LogP contribution in [-0.2, 0) is 30.6 Å². The number of nitrogens with zero attached hydrogens (tertiary/aromatic N) is 2. The van der Waals surface area contributed by atoms with Crippen molar-refractivity contribution in [3.8, 4) is 0 Å². The lowest BCUT2D eigenvalue weighted by molar-refractivity contribution is -0.384. The fraction of sp³-hybridized carbons (Fsp3) is 0.231. The maximum Gasteiger partial charge on any atom is 0.361 e. The third kappa shape index (κ3) is 6.01. The normalized spacial score (nSPS) is 10.8. The van der Waals surface area contributed by atoms with Crippen LogP contribution in [0.4, 0.5) is 5.69 Å². The predicted molar refractivity (Wildman–Crippen MR) is 79.6 cm³/mol. The molecular formula is C13H11ClN2O8. The summed E-state index contributed by atoms with van der Waals surface area (Å²) in [6.07, 6.45) is 0. The van der Waals surface area contributed by atoms with Gasteiger partial charge in [0.1, 0.15) is 6.61 Å². The summed E-state index contributed by atoms with van der Waals surface area (Å²) in [4.78, 5) is 47.6. The van der Waals surface area contributed by atoms with E-state index in [0.717, 1.165) is 0 Å². The van der Waals surface area contributed by atoms with Crippen LogP contribution in [0.15, 0.2) is 29.4 Å². The highest BCUT2D eigenvalue weighted by Gasteiger charge is 2.19. The van der Waals surface area contributed by atoms with E-state index in [2.05, 4.69) is 9.99 Å². The minimum atomic E-state index is -1.64. The number of carboxylic acid groups (broad SMARTS) is 1. The Hall–Kier alpha value is -3.01. The van der Waals surface area contributed by atoms with Crippen LogP contribution in [0.25, 0.3) is 0 Å². The van der Waals surface area contributed by atoms with Crippen molar-refractivity contribution in [2.24, 2.45) is 5.16 Å². The maximum absolute atomic E-state index is 11.4. The quantitative estimate of drug-likeness (QED) is 0.171. The average Bonchev–Trinajstić information content (AvgIpc) is 2.56. The van der Waals surface area contributed by atoms with Gasteiger partial charge in [0.2, 0.25) is 18.1 Å². The number of hydrogen-bond acceptors (Lipinski definition) is 8. The van der Waals surface area contributed by atoms with Crippen LogP contribution in [0.5, 0.6) is 0 Å². The van der Waals surface area contributed by atoms with Gasteiger partial charge in [0.25, 0.3) is 5.69 Å². The molecule has 0 spiro atoms. The van der Waals surface area contributed by atoms with E-state index < -0.39 is 40.8 Å². The van der Waals surface area contributed by atoms with Gasteiger partial charge in [-0.05, 0) is 17.7 Å². The van der Waals surface area contributed by atoms with Crippen LogP contribution in [0.1, 0.15) is 5.56 Å². The summed E-state index contributed by atoms with van der Waals surface area (Å²) < 4.78 is 4.80. The second-order valence-electron chi connectivity index (χ2n) is 4.16. The molecule has 1 aromatic carbocycles. The van der Waals surface area contributed by atoms with Gasteiger partial charge in [-0.2, -0.15) is 0 Å². The number of carboxylic acids is 1. The number of aliphatic carboxylic acids is 1. The Labute approximate surface area is 139 Å². The molecule has 1 aromatic rings. The van der Waals surface area contributed by atoms with E-state index in [-0.39, 0.29) is 12.3 Å². The molecule has 11 heteroatoms. The Bertz CT molecular complexity index is 671. The van der Waals surface area contributed by atoms with E-state index >= 15 is 0 Å². The number of alkyl halides is 1. The van der Waals surface area contributed by atoms with Crippen molar-refractivity contribution in [2.45, 2.75) is 6.61 Å². The summed E-state index contributed by atoms with van der Waals surface area (Å²) in [5.74, 6) is -4.08. The summed E-state index contributed by atoms with van der Waals surface area (Å²) >= 11 is 5.20. The van der Waals surface area contributed by atoms with Gasteiger partial charge in [0.15, 0.2) is 0 Å². The zero-order valence-corrected chi connectivity index (χ0v) is 12.8. The van der Waals surface area contributed by atoms with E-state index in [0.29, 0.717) is 5.56 Å². The van der Waals surface area contributed by atoms with E-state index in [4.69, 9.17) is 21.4 Å². The van der Waals surface area contributed by atoms with Gasteiger partial charge in [0.05, 0.1) is 10.8 Å². The average molecular weight is 359 g/mol. The second kappa shape index (κ2) is 9.20. The van der Waals surface area contributed by atoms with E-state index in [1.807, 2.05) is 0 Å². The molecule has 0 radical (unpaired) electrons. The van der Waals surface area contributed by atoms with E-state index in [1.165, 1.54) is 24.3 Å². The topological polar surface area (TPSA) is 145 Å². The number of nitro benzene ring substituents is 1.